The molecule has 0 aliphatic heterocycles. The summed E-state index contributed by atoms with van der Waals surface area (Å²) in [5.74, 6) is 0.445. The first kappa shape index (κ1) is 16.9. The van der Waals surface area contributed by atoms with E-state index < -0.39 is 0 Å². The van der Waals surface area contributed by atoms with Crippen LogP contribution in [0.5, 0.6) is 0 Å². The van der Waals surface area contributed by atoms with E-state index in [4.69, 9.17) is 0 Å². The number of aromatic nitrogens is 4. The minimum absolute atomic E-state index is 0. The first-order valence-electron chi connectivity index (χ1n) is 7.52. The number of nitrogens with zero attached hydrogens (tertiary/aromatic N) is 3. The second-order valence-corrected chi connectivity index (χ2v) is 5.43. The molecule has 2 N–H and O–H groups in total. The van der Waals surface area contributed by atoms with Crippen LogP contribution in [0.15, 0.2) is 61.1 Å². The van der Waals surface area contributed by atoms with Gasteiger partial charge < -0.3 is 5.32 Å². The first-order valence-corrected chi connectivity index (χ1v) is 7.52. The van der Waals surface area contributed by atoms with Gasteiger partial charge in [0.05, 0.1) is 23.4 Å². The van der Waals surface area contributed by atoms with E-state index in [-0.39, 0.29) is 18.2 Å². The Labute approximate surface area is 149 Å². The van der Waals surface area contributed by atoms with Crippen molar-refractivity contribution in [2.75, 3.05) is 5.32 Å². The molecule has 0 fully saturated rings. The minimum atomic E-state index is -0.238. The van der Waals surface area contributed by atoms with E-state index in [1.165, 1.54) is 12.1 Å². The molecule has 0 atom stereocenters. The van der Waals surface area contributed by atoms with Crippen LogP contribution in [0.3, 0.4) is 0 Å². The number of fused-ring (bicyclic) bond motifs is 1. The third-order valence-electron chi connectivity index (χ3n) is 3.76. The number of anilines is 1. The lowest BCUT2D eigenvalue weighted by atomic mass is 10.1. The summed E-state index contributed by atoms with van der Waals surface area (Å²) < 4.78 is 12.9. The van der Waals surface area contributed by atoms with Gasteiger partial charge in [0.1, 0.15) is 11.6 Å². The van der Waals surface area contributed by atoms with Gasteiger partial charge in [-0.25, -0.2) is 9.37 Å². The highest BCUT2D eigenvalue weighted by atomic mass is 35.5. The van der Waals surface area contributed by atoms with Crippen molar-refractivity contribution in [1.29, 1.82) is 0 Å². The smallest absolute Gasteiger partial charge is 0.145 e. The Balaban J connectivity index is 0.00000182. The molecule has 0 spiro atoms. The molecule has 7 heteroatoms. The fourth-order valence-electron chi connectivity index (χ4n) is 2.48. The van der Waals surface area contributed by atoms with Crippen molar-refractivity contribution < 1.29 is 4.39 Å². The lowest BCUT2D eigenvalue weighted by molar-refractivity contribution is 0.627. The van der Waals surface area contributed by atoms with Gasteiger partial charge in [0.25, 0.3) is 0 Å². The molecule has 0 saturated heterocycles. The minimum Gasteiger partial charge on any atom is -0.365 e. The zero-order valence-electron chi connectivity index (χ0n) is 13.1. The summed E-state index contributed by atoms with van der Waals surface area (Å²) in [7, 11) is 0. The molecule has 0 unspecified atom stereocenters. The van der Waals surface area contributed by atoms with Gasteiger partial charge >= 0.3 is 0 Å². The molecule has 0 aliphatic carbocycles. The largest absolute Gasteiger partial charge is 0.365 e. The maximum atomic E-state index is 12.9. The highest BCUT2D eigenvalue weighted by molar-refractivity contribution is 5.85. The molecule has 2 heterocycles. The number of nitrogens with one attached hydrogen (secondary N) is 2. The van der Waals surface area contributed by atoms with Crippen LogP contribution in [-0.2, 0) is 6.54 Å². The quantitative estimate of drug-likeness (QED) is 0.576. The summed E-state index contributed by atoms with van der Waals surface area (Å²) in [5.41, 5.74) is 4.66. The number of aromatic amines is 1. The Morgan fingerprint density at radius 3 is 2.56 bits per heavy atom. The van der Waals surface area contributed by atoms with E-state index in [1.807, 2.05) is 24.4 Å². The third-order valence-corrected chi connectivity index (χ3v) is 3.76. The summed E-state index contributed by atoms with van der Waals surface area (Å²) in [5, 5.41) is 9.96. The lowest BCUT2D eigenvalue weighted by Gasteiger charge is -2.07. The molecule has 2 aromatic heterocycles. The number of hydrogen-bond donors (Lipinski definition) is 2. The highest BCUT2D eigenvalue weighted by Gasteiger charge is 2.04. The van der Waals surface area contributed by atoms with Crippen LogP contribution in [0, 0.1) is 5.82 Å². The molecule has 0 aliphatic rings. The zero-order chi connectivity index (χ0) is 16.4. The van der Waals surface area contributed by atoms with Gasteiger partial charge in [0.2, 0.25) is 0 Å². The molecule has 0 saturated carbocycles. The molecule has 2 aromatic carbocycles. The average molecular weight is 356 g/mol. The topological polar surface area (TPSA) is 66.5 Å². The number of hydrogen-bond acceptors (Lipinski definition) is 4. The zero-order valence-corrected chi connectivity index (χ0v) is 13.9. The van der Waals surface area contributed by atoms with Crippen molar-refractivity contribution in [1.82, 2.24) is 20.2 Å². The fraction of sp³-hybridized carbons (Fsp3) is 0.0556. The molecule has 0 bridgehead atoms. The average Bonchev–Trinajstić information content (AvgIpc) is 3.15. The van der Waals surface area contributed by atoms with Gasteiger partial charge in [0.15, 0.2) is 0 Å². The second kappa shape index (κ2) is 7.27. The van der Waals surface area contributed by atoms with Gasteiger partial charge in [-0.1, -0.05) is 18.2 Å². The molecule has 25 heavy (non-hydrogen) atoms. The Kier molecular flexibility index (Phi) is 4.90. The first-order chi connectivity index (χ1) is 11.8. The van der Waals surface area contributed by atoms with Crippen LogP contribution in [0.2, 0.25) is 0 Å². The van der Waals surface area contributed by atoms with Gasteiger partial charge in [-0.05, 0) is 35.4 Å². The molecule has 0 amide bonds. The summed E-state index contributed by atoms with van der Waals surface area (Å²) in [6.07, 6.45) is 5.31. The number of rotatable bonds is 4. The molecule has 4 rings (SSSR count). The summed E-state index contributed by atoms with van der Waals surface area (Å²) in [4.78, 5) is 9.02. The van der Waals surface area contributed by atoms with E-state index in [9.17, 15) is 4.39 Å². The van der Waals surface area contributed by atoms with Crippen molar-refractivity contribution in [3.63, 3.8) is 0 Å². The molecular weight excluding hydrogens is 341 g/mol. The molecule has 126 valence electrons. The van der Waals surface area contributed by atoms with Crippen LogP contribution in [-0.4, -0.2) is 20.2 Å². The Morgan fingerprint density at radius 1 is 0.960 bits per heavy atom. The van der Waals surface area contributed by atoms with Crippen molar-refractivity contribution in [2.24, 2.45) is 0 Å². The Morgan fingerprint density at radius 2 is 1.80 bits per heavy atom. The van der Waals surface area contributed by atoms with Gasteiger partial charge in [-0.15, -0.1) is 12.4 Å². The molecule has 0 radical (unpaired) electrons. The van der Waals surface area contributed by atoms with E-state index in [0.717, 1.165) is 27.7 Å². The van der Waals surface area contributed by atoms with Crippen molar-refractivity contribution in [3.05, 3.63) is 72.4 Å². The van der Waals surface area contributed by atoms with Crippen LogP contribution < -0.4 is 5.32 Å². The number of halogens is 2. The predicted molar refractivity (Wildman–Crippen MR) is 98.1 cm³/mol. The van der Waals surface area contributed by atoms with Crippen molar-refractivity contribution in [3.8, 4) is 11.1 Å². The highest BCUT2D eigenvalue weighted by Crippen LogP contribution is 2.22. The van der Waals surface area contributed by atoms with Gasteiger partial charge in [0, 0.05) is 18.3 Å². The van der Waals surface area contributed by atoms with Crippen molar-refractivity contribution in [2.45, 2.75) is 6.54 Å². The van der Waals surface area contributed by atoms with Crippen LogP contribution in [0.1, 0.15) is 5.56 Å². The third kappa shape index (κ3) is 3.75. The molecule has 4 aromatic rings. The Hall–Kier alpha value is -2.99. The monoisotopic (exact) mass is 355 g/mol. The standard InChI is InChI=1S/C18H14FN5.ClH/c19-15-4-1-12(2-5-15)8-21-18-11-20-17-7-13(3-6-16(17)24-18)14-9-22-23-10-14;/h1-7,9-11H,8H2,(H,21,24)(H,22,23);1H. The SMILES string of the molecule is Cl.Fc1ccc(CNc2cnc3cc(-c4cn[nH]c4)ccc3n2)cc1. The van der Waals surface area contributed by atoms with Crippen LogP contribution >= 0.6 is 12.4 Å². The Bertz CT molecular complexity index is 971. The second-order valence-electron chi connectivity index (χ2n) is 5.43. The van der Waals surface area contributed by atoms with Gasteiger partial charge in [-0.2, -0.15) is 5.10 Å². The van der Waals surface area contributed by atoms with E-state index >= 15 is 0 Å². The van der Waals surface area contributed by atoms with E-state index in [0.29, 0.717) is 12.4 Å². The maximum absolute atomic E-state index is 12.9. The summed E-state index contributed by atoms with van der Waals surface area (Å²) >= 11 is 0. The lowest BCUT2D eigenvalue weighted by Crippen LogP contribution is -2.02. The van der Waals surface area contributed by atoms with Gasteiger partial charge in [-0.3, -0.25) is 10.1 Å². The maximum Gasteiger partial charge on any atom is 0.145 e. The number of H-pyrrole nitrogens is 1. The summed E-state index contributed by atoms with van der Waals surface area (Å²) in [6, 6.07) is 12.3. The van der Waals surface area contributed by atoms with E-state index in [2.05, 4.69) is 25.5 Å². The molecular formula is C18H15ClFN5. The van der Waals surface area contributed by atoms with E-state index in [1.54, 1.807) is 24.5 Å². The predicted octanol–water partition coefficient (Wildman–Crippen LogP) is 4.19. The number of benzene rings is 2. The van der Waals surface area contributed by atoms with Crippen LogP contribution in [0.25, 0.3) is 22.2 Å². The summed E-state index contributed by atoms with van der Waals surface area (Å²) in [6.45, 7) is 0.563. The van der Waals surface area contributed by atoms with Crippen LogP contribution in [0.4, 0.5) is 10.2 Å². The normalized spacial score (nSPS) is 10.4. The molecule has 5 nitrogen and oxygen atoms in total. The fourth-order valence-corrected chi connectivity index (χ4v) is 2.48. The van der Waals surface area contributed by atoms with Crippen molar-refractivity contribution >= 4 is 29.3 Å².